The number of rotatable bonds is 3. The van der Waals surface area contributed by atoms with Gasteiger partial charge < -0.3 is 15.8 Å². The molecular weight excluding hydrogens is 466 g/mol. The van der Waals surface area contributed by atoms with Gasteiger partial charge in [-0.2, -0.15) is 13.2 Å². The summed E-state index contributed by atoms with van der Waals surface area (Å²) in [5.74, 6) is -6.33. The summed E-state index contributed by atoms with van der Waals surface area (Å²) >= 11 is 5.72. The van der Waals surface area contributed by atoms with E-state index in [4.69, 9.17) is 22.1 Å². The molecule has 3 rings (SSSR count). The second-order valence-corrected chi connectivity index (χ2v) is 7.45. The van der Waals surface area contributed by atoms with E-state index < -0.39 is 63.5 Å². The van der Waals surface area contributed by atoms with Crippen molar-refractivity contribution in [3.05, 3.63) is 58.1 Å². The Balaban J connectivity index is 1.98. The number of alkyl halides is 5. The van der Waals surface area contributed by atoms with Crippen molar-refractivity contribution in [2.45, 2.75) is 24.6 Å². The highest BCUT2D eigenvalue weighted by Crippen LogP contribution is 2.44. The highest BCUT2D eigenvalue weighted by Gasteiger charge is 2.54. The molecule has 2 heterocycles. The molecule has 0 radical (unpaired) electrons. The standard InChI is InChI=1S/C19H15ClF6N4O2/c1-17(18(22,23)8-32-7-13(27)30-17)10-3-2-4-12(14(10)21)29-16(31)15-11(20)5-9(6-28-15)19(24,25)26/h2-6H,7-8H2,1H3,(H2,27,30)(H,29,31). The summed E-state index contributed by atoms with van der Waals surface area (Å²) in [6.45, 7) is -0.483. The number of nitrogens with two attached hydrogens (primary N) is 1. The number of carbonyl (C=O) groups excluding carboxylic acids is 1. The Hall–Kier alpha value is -2.86. The average molecular weight is 481 g/mol. The quantitative estimate of drug-likeness (QED) is 0.638. The molecule has 0 saturated carbocycles. The van der Waals surface area contributed by atoms with Crippen molar-refractivity contribution in [3.8, 4) is 0 Å². The van der Waals surface area contributed by atoms with Crippen molar-refractivity contribution < 1.29 is 35.9 Å². The van der Waals surface area contributed by atoms with Crippen LogP contribution in [0.1, 0.15) is 28.5 Å². The number of hydrogen-bond acceptors (Lipinski definition) is 5. The summed E-state index contributed by atoms with van der Waals surface area (Å²) in [7, 11) is 0. The molecule has 1 atom stereocenters. The van der Waals surface area contributed by atoms with Crippen molar-refractivity contribution in [1.29, 1.82) is 0 Å². The number of amides is 1. The number of ether oxygens (including phenoxy) is 1. The minimum absolute atomic E-state index is 0.278. The summed E-state index contributed by atoms with van der Waals surface area (Å²) in [5, 5.41) is 1.44. The maximum Gasteiger partial charge on any atom is 0.417 e. The van der Waals surface area contributed by atoms with Crippen LogP contribution in [0.25, 0.3) is 0 Å². The molecule has 1 aromatic heterocycles. The number of aromatic nitrogens is 1. The summed E-state index contributed by atoms with van der Waals surface area (Å²) in [4.78, 5) is 19.6. The van der Waals surface area contributed by atoms with Crippen LogP contribution in [0, 0.1) is 5.82 Å². The number of hydrogen-bond donors (Lipinski definition) is 2. The Morgan fingerprint density at radius 2 is 2.00 bits per heavy atom. The largest absolute Gasteiger partial charge is 0.417 e. The second-order valence-electron chi connectivity index (χ2n) is 7.05. The smallest absolute Gasteiger partial charge is 0.385 e. The average Bonchev–Trinajstić information content (AvgIpc) is 2.78. The third-order valence-corrected chi connectivity index (χ3v) is 5.06. The van der Waals surface area contributed by atoms with Crippen LogP contribution < -0.4 is 11.1 Å². The van der Waals surface area contributed by atoms with Crippen molar-refractivity contribution in [2.24, 2.45) is 10.7 Å². The molecule has 172 valence electrons. The van der Waals surface area contributed by atoms with E-state index in [2.05, 4.69) is 15.3 Å². The molecule has 6 nitrogen and oxygen atoms in total. The fraction of sp³-hybridized carbons (Fsp3) is 0.316. The minimum atomic E-state index is -4.74. The van der Waals surface area contributed by atoms with Gasteiger partial charge in [-0.3, -0.25) is 9.79 Å². The Kier molecular flexibility index (Phi) is 6.13. The van der Waals surface area contributed by atoms with E-state index in [1.165, 1.54) is 6.07 Å². The summed E-state index contributed by atoms with van der Waals surface area (Å²) in [5.41, 5.74) is 0.184. The van der Waals surface area contributed by atoms with Crippen LogP contribution in [0.15, 0.2) is 35.5 Å². The van der Waals surface area contributed by atoms with Gasteiger partial charge in [0.05, 0.1) is 16.3 Å². The lowest BCUT2D eigenvalue weighted by molar-refractivity contribution is -0.137. The van der Waals surface area contributed by atoms with E-state index >= 15 is 4.39 Å². The number of amidine groups is 1. The first-order valence-corrected chi connectivity index (χ1v) is 9.27. The molecule has 0 bridgehead atoms. The molecule has 0 spiro atoms. The van der Waals surface area contributed by atoms with Crippen LogP contribution in [0.5, 0.6) is 0 Å². The van der Waals surface area contributed by atoms with Gasteiger partial charge in [0.25, 0.3) is 11.8 Å². The lowest BCUT2D eigenvalue weighted by Crippen LogP contribution is -2.45. The zero-order valence-corrected chi connectivity index (χ0v) is 17.0. The zero-order chi connectivity index (χ0) is 23.9. The molecule has 32 heavy (non-hydrogen) atoms. The molecule has 1 amide bonds. The predicted octanol–water partition coefficient (Wildman–Crippen LogP) is 4.38. The SMILES string of the molecule is CC1(c2cccc(NC(=O)c3ncc(C(F)(F)F)cc3Cl)c2F)N=C(N)COCC1(F)F. The van der Waals surface area contributed by atoms with Crippen molar-refractivity contribution >= 4 is 29.0 Å². The van der Waals surface area contributed by atoms with Gasteiger partial charge in [0.1, 0.15) is 24.7 Å². The third-order valence-electron chi connectivity index (χ3n) is 4.77. The molecular formula is C19H15ClF6N4O2. The number of halogens is 7. The first-order valence-electron chi connectivity index (χ1n) is 8.89. The number of benzene rings is 1. The van der Waals surface area contributed by atoms with Gasteiger partial charge >= 0.3 is 6.18 Å². The van der Waals surface area contributed by atoms with Crippen LogP contribution in [-0.2, 0) is 16.5 Å². The zero-order valence-electron chi connectivity index (χ0n) is 16.2. The first-order chi connectivity index (χ1) is 14.8. The monoisotopic (exact) mass is 480 g/mol. The highest BCUT2D eigenvalue weighted by atomic mass is 35.5. The van der Waals surface area contributed by atoms with E-state index in [9.17, 15) is 26.7 Å². The van der Waals surface area contributed by atoms with Crippen LogP contribution in [0.2, 0.25) is 5.02 Å². The third kappa shape index (κ3) is 4.37. The van der Waals surface area contributed by atoms with Crippen LogP contribution in [0.4, 0.5) is 32.0 Å². The van der Waals surface area contributed by atoms with Gasteiger partial charge in [-0.15, -0.1) is 0 Å². The van der Waals surface area contributed by atoms with Crippen LogP contribution >= 0.6 is 11.6 Å². The first kappa shape index (κ1) is 23.8. The number of nitrogens with zero attached hydrogens (tertiary/aromatic N) is 2. The van der Waals surface area contributed by atoms with Gasteiger partial charge in [-0.05, 0) is 19.1 Å². The van der Waals surface area contributed by atoms with Gasteiger partial charge in [-0.1, -0.05) is 23.7 Å². The molecule has 2 aromatic rings. The molecule has 0 aliphatic carbocycles. The Labute approximate surface area is 182 Å². The number of anilines is 1. The van der Waals surface area contributed by atoms with E-state index in [1.807, 2.05) is 0 Å². The van der Waals surface area contributed by atoms with E-state index in [1.54, 1.807) is 0 Å². The van der Waals surface area contributed by atoms with E-state index in [0.717, 1.165) is 19.1 Å². The van der Waals surface area contributed by atoms with Crippen molar-refractivity contribution in [2.75, 3.05) is 18.5 Å². The Morgan fingerprint density at radius 1 is 1.31 bits per heavy atom. The number of nitrogens with one attached hydrogen (secondary N) is 1. The molecule has 0 fully saturated rings. The fourth-order valence-electron chi connectivity index (χ4n) is 3.03. The number of pyridine rings is 1. The van der Waals surface area contributed by atoms with Gasteiger partial charge in [0.15, 0.2) is 11.4 Å². The van der Waals surface area contributed by atoms with Crippen molar-refractivity contribution in [3.63, 3.8) is 0 Å². The van der Waals surface area contributed by atoms with Gasteiger partial charge in [0.2, 0.25) is 0 Å². The van der Waals surface area contributed by atoms with Gasteiger partial charge in [-0.25, -0.2) is 18.2 Å². The topological polar surface area (TPSA) is 89.6 Å². The van der Waals surface area contributed by atoms with Crippen LogP contribution in [0.3, 0.4) is 0 Å². The van der Waals surface area contributed by atoms with Crippen molar-refractivity contribution in [1.82, 2.24) is 4.98 Å². The normalized spacial score (nSPS) is 20.9. The number of aliphatic imine (C=N–C) groups is 1. The Morgan fingerprint density at radius 3 is 2.62 bits per heavy atom. The number of carbonyl (C=O) groups is 1. The van der Waals surface area contributed by atoms with Gasteiger partial charge in [0, 0.05) is 11.8 Å². The predicted molar refractivity (Wildman–Crippen MR) is 103 cm³/mol. The maximum atomic E-state index is 15.2. The molecule has 3 N–H and O–H groups in total. The summed E-state index contributed by atoms with van der Waals surface area (Å²) in [6, 6.07) is 3.79. The lowest BCUT2D eigenvalue weighted by Gasteiger charge is -2.33. The molecule has 1 aliphatic heterocycles. The fourth-order valence-corrected chi connectivity index (χ4v) is 3.28. The molecule has 13 heteroatoms. The molecule has 1 aliphatic rings. The molecule has 1 aromatic carbocycles. The maximum absolute atomic E-state index is 15.2. The van der Waals surface area contributed by atoms with Crippen LogP contribution in [-0.4, -0.2) is 35.9 Å². The summed E-state index contributed by atoms with van der Waals surface area (Å²) < 4.78 is 87.7. The van der Waals surface area contributed by atoms with E-state index in [0.29, 0.717) is 12.3 Å². The molecule has 0 saturated heterocycles. The summed E-state index contributed by atoms with van der Waals surface area (Å²) in [6.07, 6.45) is -4.35. The van der Waals surface area contributed by atoms with E-state index in [-0.39, 0.29) is 12.4 Å². The highest BCUT2D eigenvalue weighted by molar-refractivity contribution is 6.34. The lowest BCUT2D eigenvalue weighted by atomic mass is 9.85. The minimum Gasteiger partial charge on any atom is -0.385 e. The molecule has 1 unspecified atom stereocenters. The second kappa shape index (κ2) is 8.24. The Bertz CT molecular complexity index is 1090.